The van der Waals surface area contributed by atoms with Crippen molar-refractivity contribution in [2.24, 2.45) is 0 Å². The smallest absolute Gasteiger partial charge is 0.230 e. The monoisotopic (exact) mass is 244 g/mol. The summed E-state index contributed by atoms with van der Waals surface area (Å²) in [5.74, 6) is 0.629. The Bertz CT molecular complexity index is 506. The highest BCUT2D eigenvalue weighted by Crippen LogP contribution is 2.23. The predicted molar refractivity (Wildman–Crippen MR) is 70.7 cm³/mol. The van der Waals surface area contributed by atoms with Crippen LogP contribution in [0.5, 0.6) is 5.75 Å². The molecule has 0 unspecified atom stereocenters. The summed E-state index contributed by atoms with van der Waals surface area (Å²) >= 11 is 0. The number of rotatable bonds is 5. The van der Waals surface area contributed by atoms with E-state index in [1.165, 1.54) is 0 Å². The largest absolute Gasteiger partial charge is 0.492 e. The minimum atomic E-state index is -0.0652. The molecule has 0 radical (unpaired) electrons. The molecule has 18 heavy (non-hydrogen) atoms. The van der Waals surface area contributed by atoms with E-state index < -0.39 is 0 Å². The number of ether oxygens (including phenoxy) is 1. The summed E-state index contributed by atoms with van der Waals surface area (Å²) in [6.07, 6.45) is 2.13. The highest BCUT2D eigenvalue weighted by atomic mass is 16.5. The van der Waals surface area contributed by atoms with Crippen molar-refractivity contribution in [2.45, 2.75) is 13.3 Å². The minimum Gasteiger partial charge on any atom is -0.492 e. The number of anilines is 1. The minimum absolute atomic E-state index is 0.0652. The number of benzene rings is 1. The number of hydrogen-bond acceptors (Lipinski definition) is 2. The zero-order chi connectivity index (χ0) is 12.8. The highest BCUT2D eigenvalue weighted by Gasteiger charge is 2.08. The Labute approximate surface area is 106 Å². The molecule has 4 heteroatoms. The Balaban J connectivity index is 2.02. The average molecular weight is 244 g/mol. The maximum atomic E-state index is 11.8. The number of para-hydroxylation sites is 2. The van der Waals surface area contributed by atoms with Crippen LogP contribution in [0.25, 0.3) is 0 Å². The summed E-state index contributed by atoms with van der Waals surface area (Å²) in [5, 5.41) is 2.85. The van der Waals surface area contributed by atoms with Gasteiger partial charge in [0, 0.05) is 11.9 Å². The third kappa shape index (κ3) is 3.13. The number of hydrogen-bond donors (Lipinski definition) is 2. The van der Waals surface area contributed by atoms with Crippen molar-refractivity contribution in [1.82, 2.24) is 4.98 Å². The van der Waals surface area contributed by atoms with Crippen LogP contribution in [0.4, 0.5) is 5.69 Å². The molecule has 0 spiro atoms. The van der Waals surface area contributed by atoms with E-state index in [1.807, 2.05) is 43.3 Å². The van der Waals surface area contributed by atoms with Crippen LogP contribution in [0, 0.1) is 0 Å². The fraction of sp³-hybridized carbons (Fsp3) is 0.214. The fourth-order valence-corrected chi connectivity index (χ4v) is 1.70. The molecule has 0 aliphatic carbocycles. The summed E-state index contributed by atoms with van der Waals surface area (Å²) in [6.45, 7) is 2.49. The number of carbonyl (C=O) groups excluding carboxylic acids is 1. The zero-order valence-corrected chi connectivity index (χ0v) is 10.3. The summed E-state index contributed by atoms with van der Waals surface area (Å²) in [5.41, 5.74) is 1.59. The lowest BCUT2D eigenvalue weighted by Crippen LogP contribution is -2.15. The molecule has 0 saturated heterocycles. The Morgan fingerprint density at radius 1 is 1.28 bits per heavy atom. The van der Waals surface area contributed by atoms with Crippen LogP contribution in [-0.4, -0.2) is 17.5 Å². The molecule has 0 aliphatic heterocycles. The van der Waals surface area contributed by atoms with Gasteiger partial charge in [-0.3, -0.25) is 4.79 Å². The molecule has 0 fully saturated rings. The first-order valence-corrected chi connectivity index (χ1v) is 5.93. The van der Waals surface area contributed by atoms with Crippen LogP contribution in [-0.2, 0) is 11.2 Å². The Morgan fingerprint density at radius 2 is 2.11 bits per heavy atom. The summed E-state index contributed by atoms with van der Waals surface area (Å²) in [6, 6.07) is 11.2. The van der Waals surface area contributed by atoms with E-state index in [2.05, 4.69) is 10.3 Å². The molecule has 1 aromatic carbocycles. The summed E-state index contributed by atoms with van der Waals surface area (Å²) in [4.78, 5) is 14.9. The van der Waals surface area contributed by atoms with Crippen LogP contribution >= 0.6 is 0 Å². The topological polar surface area (TPSA) is 54.1 Å². The van der Waals surface area contributed by atoms with Gasteiger partial charge in [0.1, 0.15) is 5.75 Å². The maximum absolute atomic E-state index is 11.8. The number of amides is 1. The van der Waals surface area contributed by atoms with Gasteiger partial charge in [0.2, 0.25) is 5.91 Å². The number of aromatic amines is 1. The van der Waals surface area contributed by atoms with E-state index in [4.69, 9.17) is 4.74 Å². The Hall–Kier alpha value is -2.23. The Morgan fingerprint density at radius 3 is 2.83 bits per heavy atom. The lowest BCUT2D eigenvalue weighted by molar-refractivity contribution is -0.115. The van der Waals surface area contributed by atoms with Crippen molar-refractivity contribution in [3.05, 3.63) is 48.3 Å². The quantitative estimate of drug-likeness (QED) is 0.849. The van der Waals surface area contributed by atoms with Crippen molar-refractivity contribution < 1.29 is 9.53 Å². The second kappa shape index (κ2) is 5.91. The molecule has 1 aromatic heterocycles. The van der Waals surface area contributed by atoms with E-state index >= 15 is 0 Å². The van der Waals surface area contributed by atoms with Gasteiger partial charge in [0.25, 0.3) is 0 Å². The normalized spacial score (nSPS) is 10.1. The van der Waals surface area contributed by atoms with Gasteiger partial charge in [-0.05, 0) is 31.2 Å². The molecule has 2 N–H and O–H groups in total. The van der Waals surface area contributed by atoms with Crippen LogP contribution in [0.1, 0.15) is 12.6 Å². The van der Waals surface area contributed by atoms with E-state index in [9.17, 15) is 4.79 Å². The molecule has 2 aromatic rings. The van der Waals surface area contributed by atoms with Crippen molar-refractivity contribution >= 4 is 11.6 Å². The van der Waals surface area contributed by atoms with Gasteiger partial charge in [-0.25, -0.2) is 0 Å². The van der Waals surface area contributed by atoms with Crippen molar-refractivity contribution in [3.63, 3.8) is 0 Å². The molecule has 4 nitrogen and oxygen atoms in total. The first kappa shape index (κ1) is 12.2. The molecule has 0 atom stereocenters. The van der Waals surface area contributed by atoms with Gasteiger partial charge in [0.05, 0.1) is 18.7 Å². The van der Waals surface area contributed by atoms with E-state index in [0.29, 0.717) is 24.5 Å². The average Bonchev–Trinajstić information content (AvgIpc) is 2.84. The molecular formula is C14H16N2O2. The molecule has 1 amide bonds. The van der Waals surface area contributed by atoms with Crippen molar-refractivity contribution in [3.8, 4) is 5.75 Å². The molecular weight excluding hydrogens is 228 g/mol. The predicted octanol–water partition coefficient (Wildman–Crippen LogP) is 2.59. The Kier molecular flexibility index (Phi) is 4.02. The van der Waals surface area contributed by atoms with Gasteiger partial charge in [-0.1, -0.05) is 12.1 Å². The number of nitrogens with one attached hydrogen (secondary N) is 2. The maximum Gasteiger partial charge on any atom is 0.230 e. The third-order valence-corrected chi connectivity index (χ3v) is 2.47. The summed E-state index contributed by atoms with van der Waals surface area (Å²) in [7, 11) is 0. The van der Waals surface area contributed by atoms with Crippen LogP contribution in [0.15, 0.2) is 42.6 Å². The van der Waals surface area contributed by atoms with Crippen LogP contribution in [0.2, 0.25) is 0 Å². The zero-order valence-electron chi connectivity index (χ0n) is 10.3. The van der Waals surface area contributed by atoms with E-state index in [1.54, 1.807) is 6.20 Å². The number of aromatic nitrogens is 1. The molecule has 0 aliphatic rings. The first-order chi connectivity index (χ1) is 8.79. The number of carbonyl (C=O) groups is 1. The third-order valence-electron chi connectivity index (χ3n) is 2.47. The van der Waals surface area contributed by atoms with Crippen molar-refractivity contribution in [1.29, 1.82) is 0 Å². The molecule has 0 bridgehead atoms. The van der Waals surface area contributed by atoms with E-state index in [-0.39, 0.29) is 5.91 Å². The first-order valence-electron chi connectivity index (χ1n) is 5.93. The van der Waals surface area contributed by atoms with Gasteiger partial charge in [-0.2, -0.15) is 0 Å². The van der Waals surface area contributed by atoms with Gasteiger partial charge in [0.15, 0.2) is 0 Å². The lowest BCUT2D eigenvalue weighted by Gasteiger charge is -2.10. The second-order valence-corrected chi connectivity index (χ2v) is 3.85. The molecule has 94 valence electrons. The molecule has 1 heterocycles. The standard InChI is InChI=1S/C14H16N2O2/c1-2-18-13-8-4-3-7-12(13)16-14(17)10-11-6-5-9-15-11/h3-9,15H,2,10H2,1H3,(H,16,17). The van der Waals surface area contributed by atoms with Crippen molar-refractivity contribution in [2.75, 3.05) is 11.9 Å². The fourth-order valence-electron chi connectivity index (χ4n) is 1.70. The van der Waals surface area contributed by atoms with Crippen LogP contribution < -0.4 is 10.1 Å². The van der Waals surface area contributed by atoms with Gasteiger partial charge >= 0.3 is 0 Å². The van der Waals surface area contributed by atoms with Gasteiger partial charge < -0.3 is 15.0 Å². The second-order valence-electron chi connectivity index (χ2n) is 3.85. The van der Waals surface area contributed by atoms with E-state index in [0.717, 1.165) is 5.69 Å². The SMILES string of the molecule is CCOc1ccccc1NC(=O)Cc1ccc[nH]1. The van der Waals surface area contributed by atoms with Gasteiger partial charge in [-0.15, -0.1) is 0 Å². The molecule has 0 saturated carbocycles. The number of H-pyrrole nitrogens is 1. The van der Waals surface area contributed by atoms with Crippen LogP contribution in [0.3, 0.4) is 0 Å². The highest BCUT2D eigenvalue weighted by molar-refractivity contribution is 5.93. The molecule has 2 rings (SSSR count). The summed E-state index contributed by atoms with van der Waals surface area (Å²) < 4.78 is 5.45. The lowest BCUT2D eigenvalue weighted by atomic mass is 10.2.